The van der Waals surface area contributed by atoms with Crippen LogP contribution in [0.2, 0.25) is 0 Å². The molecule has 0 radical (unpaired) electrons. The first-order valence-corrected chi connectivity index (χ1v) is 7.46. The van der Waals surface area contributed by atoms with E-state index in [1.807, 2.05) is 0 Å². The Kier molecular flexibility index (Phi) is 5.75. The molecule has 1 aliphatic heterocycles. The quantitative estimate of drug-likeness (QED) is 0.765. The molecule has 1 aliphatic carbocycles. The number of likely N-dealkylation sites (tertiary alicyclic amines) is 1. The highest BCUT2D eigenvalue weighted by molar-refractivity contribution is 4.77. The summed E-state index contributed by atoms with van der Waals surface area (Å²) in [5, 5.41) is 0. The summed E-state index contributed by atoms with van der Waals surface area (Å²) in [6.45, 7) is 4.50. The van der Waals surface area contributed by atoms with Crippen LogP contribution in [0.3, 0.4) is 0 Å². The summed E-state index contributed by atoms with van der Waals surface area (Å²) in [7, 11) is 0. The Morgan fingerprint density at radius 2 is 1.65 bits per heavy atom. The average molecular weight is 240 g/mol. The molecule has 0 aromatic rings. The van der Waals surface area contributed by atoms with Gasteiger partial charge in [-0.2, -0.15) is 0 Å². The molecule has 1 saturated heterocycles. The van der Waals surface area contributed by atoms with E-state index in [1.165, 1.54) is 58.0 Å². The van der Waals surface area contributed by atoms with Gasteiger partial charge in [0.1, 0.15) is 0 Å². The van der Waals surface area contributed by atoms with E-state index in [4.69, 9.17) is 10.5 Å². The Hall–Kier alpha value is -0.120. The lowest BCUT2D eigenvalue weighted by atomic mass is 10.1. The van der Waals surface area contributed by atoms with Gasteiger partial charge < -0.3 is 15.4 Å². The molecular weight excluding hydrogens is 212 g/mol. The molecule has 2 aliphatic rings. The zero-order valence-corrected chi connectivity index (χ0v) is 11.1. The highest BCUT2D eigenvalue weighted by atomic mass is 16.5. The number of hydrogen-bond acceptors (Lipinski definition) is 3. The number of rotatable bonds is 4. The van der Waals surface area contributed by atoms with Gasteiger partial charge >= 0.3 is 0 Å². The van der Waals surface area contributed by atoms with Gasteiger partial charge in [0, 0.05) is 12.6 Å². The average Bonchev–Trinajstić information content (AvgIpc) is 2.56. The molecule has 17 heavy (non-hydrogen) atoms. The smallest absolute Gasteiger partial charge is 0.0726 e. The van der Waals surface area contributed by atoms with Crippen LogP contribution in [0.5, 0.6) is 0 Å². The van der Waals surface area contributed by atoms with Crippen LogP contribution in [0.4, 0.5) is 0 Å². The standard InChI is InChI=1S/C14H28N2O/c15-13-7-3-1-4-8-14(13)17-12-11-16-9-5-2-6-10-16/h13-14H,1-12,15H2. The normalized spacial score (nSPS) is 32.3. The highest BCUT2D eigenvalue weighted by Crippen LogP contribution is 2.19. The summed E-state index contributed by atoms with van der Waals surface area (Å²) >= 11 is 0. The molecule has 2 N–H and O–H groups in total. The Bertz CT molecular complexity index is 204. The van der Waals surface area contributed by atoms with Crippen molar-refractivity contribution >= 4 is 0 Å². The van der Waals surface area contributed by atoms with E-state index in [0.29, 0.717) is 6.10 Å². The van der Waals surface area contributed by atoms with Gasteiger partial charge in [0.15, 0.2) is 0 Å². The largest absolute Gasteiger partial charge is 0.375 e. The Balaban J connectivity index is 1.62. The van der Waals surface area contributed by atoms with E-state index in [0.717, 1.165) is 19.6 Å². The van der Waals surface area contributed by atoms with E-state index < -0.39 is 0 Å². The molecule has 2 unspecified atom stereocenters. The van der Waals surface area contributed by atoms with Crippen LogP contribution in [0.1, 0.15) is 51.4 Å². The molecule has 3 heteroatoms. The van der Waals surface area contributed by atoms with Crippen LogP contribution in [0.15, 0.2) is 0 Å². The minimum atomic E-state index is 0.277. The molecule has 0 aromatic heterocycles. The van der Waals surface area contributed by atoms with Gasteiger partial charge in [0.2, 0.25) is 0 Å². The fourth-order valence-electron chi connectivity index (χ4n) is 3.03. The van der Waals surface area contributed by atoms with Gasteiger partial charge in [0.25, 0.3) is 0 Å². The number of ether oxygens (including phenoxy) is 1. The number of nitrogens with two attached hydrogens (primary N) is 1. The Morgan fingerprint density at radius 3 is 2.47 bits per heavy atom. The third-order valence-corrected chi connectivity index (χ3v) is 4.19. The first-order valence-electron chi connectivity index (χ1n) is 7.46. The zero-order chi connectivity index (χ0) is 11.9. The Morgan fingerprint density at radius 1 is 0.941 bits per heavy atom. The van der Waals surface area contributed by atoms with Crippen LogP contribution in [0, 0.1) is 0 Å². The van der Waals surface area contributed by atoms with Gasteiger partial charge in [-0.25, -0.2) is 0 Å². The third kappa shape index (κ3) is 4.57. The van der Waals surface area contributed by atoms with Gasteiger partial charge in [-0.3, -0.25) is 0 Å². The van der Waals surface area contributed by atoms with E-state index in [9.17, 15) is 0 Å². The first kappa shape index (κ1) is 13.3. The van der Waals surface area contributed by atoms with Crippen molar-refractivity contribution in [1.29, 1.82) is 0 Å². The summed E-state index contributed by atoms with van der Waals surface area (Å²) in [4.78, 5) is 2.53. The molecule has 1 saturated carbocycles. The summed E-state index contributed by atoms with van der Waals surface area (Å²) in [6.07, 6.45) is 10.7. The van der Waals surface area contributed by atoms with Crippen LogP contribution in [-0.4, -0.2) is 43.3 Å². The number of hydrogen-bond donors (Lipinski definition) is 1. The van der Waals surface area contributed by atoms with Crippen molar-refractivity contribution < 1.29 is 4.74 Å². The minimum Gasteiger partial charge on any atom is -0.375 e. The monoisotopic (exact) mass is 240 g/mol. The van der Waals surface area contributed by atoms with E-state index in [1.54, 1.807) is 0 Å². The third-order valence-electron chi connectivity index (χ3n) is 4.19. The van der Waals surface area contributed by atoms with Crippen molar-refractivity contribution in [1.82, 2.24) is 4.90 Å². The van der Waals surface area contributed by atoms with Gasteiger partial charge in [-0.15, -0.1) is 0 Å². The SMILES string of the molecule is NC1CCCCCC1OCCN1CCCCC1. The summed E-state index contributed by atoms with van der Waals surface area (Å²) in [5.41, 5.74) is 6.16. The van der Waals surface area contributed by atoms with Crippen molar-refractivity contribution in [3.8, 4) is 0 Å². The molecule has 0 aromatic carbocycles. The fourth-order valence-corrected chi connectivity index (χ4v) is 3.03. The van der Waals surface area contributed by atoms with E-state index >= 15 is 0 Å². The highest BCUT2D eigenvalue weighted by Gasteiger charge is 2.21. The zero-order valence-electron chi connectivity index (χ0n) is 11.1. The molecule has 2 rings (SSSR count). The number of nitrogens with zero attached hydrogens (tertiary/aromatic N) is 1. The molecule has 3 nitrogen and oxygen atoms in total. The van der Waals surface area contributed by atoms with Crippen LogP contribution in [0.25, 0.3) is 0 Å². The van der Waals surface area contributed by atoms with Crippen LogP contribution >= 0.6 is 0 Å². The molecule has 1 heterocycles. The van der Waals surface area contributed by atoms with Crippen LogP contribution in [-0.2, 0) is 4.74 Å². The second-order valence-corrected chi connectivity index (χ2v) is 5.61. The predicted molar refractivity (Wildman–Crippen MR) is 71.1 cm³/mol. The van der Waals surface area contributed by atoms with Crippen LogP contribution < -0.4 is 5.73 Å². The summed E-state index contributed by atoms with van der Waals surface area (Å²) in [6, 6.07) is 0.277. The summed E-state index contributed by atoms with van der Waals surface area (Å²) in [5.74, 6) is 0. The lowest BCUT2D eigenvalue weighted by molar-refractivity contribution is 0.0162. The number of piperidine rings is 1. The fraction of sp³-hybridized carbons (Fsp3) is 1.00. The lowest BCUT2D eigenvalue weighted by Crippen LogP contribution is -2.38. The van der Waals surface area contributed by atoms with Gasteiger partial charge in [-0.05, 0) is 38.8 Å². The maximum Gasteiger partial charge on any atom is 0.0726 e. The second kappa shape index (κ2) is 7.34. The first-order chi connectivity index (χ1) is 8.36. The molecule has 2 fully saturated rings. The lowest BCUT2D eigenvalue weighted by Gasteiger charge is -2.28. The van der Waals surface area contributed by atoms with Gasteiger partial charge in [-0.1, -0.05) is 25.7 Å². The second-order valence-electron chi connectivity index (χ2n) is 5.61. The van der Waals surface area contributed by atoms with E-state index in [2.05, 4.69) is 4.90 Å². The van der Waals surface area contributed by atoms with E-state index in [-0.39, 0.29) is 6.04 Å². The summed E-state index contributed by atoms with van der Waals surface area (Å²) < 4.78 is 6.01. The minimum absolute atomic E-state index is 0.277. The molecule has 0 spiro atoms. The van der Waals surface area contributed by atoms with Crippen molar-refractivity contribution in [2.75, 3.05) is 26.2 Å². The molecule has 0 bridgehead atoms. The predicted octanol–water partition coefficient (Wildman–Crippen LogP) is 2.15. The van der Waals surface area contributed by atoms with Gasteiger partial charge in [0.05, 0.1) is 12.7 Å². The molecule has 2 atom stereocenters. The van der Waals surface area contributed by atoms with Crippen molar-refractivity contribution in [3.05, 3.63) is 0 Å². The Labute approximate surface area is 106 Å². The van der Waals surface area contributed by atoms with Crippen molar-refractivity contribution in [2.45, 2.75) is 63.5 Å². The maximum absolute atomic E-state index is 6.16. The van der Waals surface area contributed by atoms with Crippen molar-refractivity contribution in [2.24, 2.45) is 5.73 Å². The topological polar surface area (TPSA) is 38.5 Å². The van der Waals surface area contributed by atoms with Crippen molar-refractivity contribution in [3.63, 3.8) is 0 Å². The molecular formula is C14H28N2O. The maximum atomic E-state index is 6.16. The molecule has 0 amide bonds. The molecule has 100 valence electrons.